The van der Waals surface area contributed by atoms with Crippen LogP contribution in [0.3, 0.4) is 0 Å². The van der Waals surface area contributed by atoms with Crippen molar-refractivity contribution in [2.24, 2.45) is 5.73 Å². The van der Waals surface area contributed by atoms with Gasteiger partial charge in [-0.1, -0.05) is 49.4 Å². The molecule has 0 bridgehead atoms. The van der Waals surface area contributed by atoms with Gasteiger partial charge in [0.2, 0.25) is 5.91 Å². The molecule has 27 heavy (non-hydrogen) atoms. The Morgan fingerprint density at radius 2 is 1.67 bits per heavy atom. The molecular weight excluding hydrogens is 336 g/mol. The summed E-state index contributed by atoms with van der Waals surface area (Å²) in [7, 11) is 0. The summed E-state index contributed by atoms with van der Waals surface area (Å²) in [6, 6.07) is 20.1. The van der Waals surface area contributed by atoms with Gasteiger partial charge in [-0.2, -0.15) is 0 Å². The molecule has 0 aliphatic carbocycles. The molecule has 0 saturated carbocycles. The van der Waals surface area contributed by atoms with Crippen LogP contribution in [0.4, 0.5) is 0 Å². The van der Waals surface area contributed by atoms with Gasteiger partial charge < -0.3 is 15.4 Å². The highest BCUT2D eigenvalue weighted by atomic mass is 16.3. The number of fused-ring (bicyclic) bond motifs is 3. The smallest absolute Gasteiger partial charge is 0.249 e. The van der Waals surface area contributed by atoms with Crippen molar-refractivity contribution in [2.45, 2.75) is 26.5 Å². The number of hydrogen-bond acceptors (Lipinski definition) is 2. The fourth-order valence-electron chi connectivity index (χ4n) is 3.73. The lowest BCUT2D eigenvalue weighted by Gasteiger charge is -2.09. The van der Waals surface area contributed by atoms with Gasteiger partial charge in [-0.05, 0) is 41.3 Å². The molecule has 4 aromatic rings. The number of benzene rings is 3. The predicted molar refractivity (Wildman–Crippen MR) is 109 cm³/mol. The standard InChI is InChI=1S/C23H22N2O2/c1-2-15-6-8-16(9-7-15)13-25-20-5-3-4-19(23(24)27)22(20)18-11-10-17(14-26)12-21(18)25/h3-12,26H,2,13-14H2,1H3,(H2,24,27). The van der Waals surface area contributed by atoms with Gasteiger partial charge in [-0.3, -0.25) is 4.79 Å². The summed E-state index contributed by atoms with van der Waals surface area (Å²) in [6.07, 6.45) is 1.01. The minimum atomic E-state index is -0.432. The normalized spacial score (nSPS) is 11.3. The van der Waals surface area contributed by atoms with Gasteiger partial charge >= 0.3 is 0 Å². The van der Waals surface area contributed by atoms with E-state index < -0.39 is 5.91 Å². The molecule has 0 aliphatic rings. The fraction of sp³-hybridized carbons (Fsp3) is 0.174. The summed E-state index contributed by atoms with van der Waals surface area (Å²) in [4.78, 5) is 12.0. The second kappa shape index (κ2) is 6.89. The number of aryl methyl sites for hydroxylation is 1. The van der Waals surface area contributed by atoms with Crippen molar-refractivity contribution >= 4 is 27.7 Å². The maximum absolute atomic E-state index is 12.0. The Bertz CT molecular complexity index is 1140. The Morgan fingerprint density at radius 1 is 0.963 bits per heavy atom. The third-order valence-corrected chi connectivity index (χ3v) is 5.18. The molecular formula is C23H22N2O2. The number of aromatic nitrogens is 1. The third kappa shape index (κ3) is 2.98. The first-order valence-electron chi connectivity index (χ1n) is 9.14. The Labute approximate surface area is 157 Å². The number of aliphatic hydroxyl groups is 1. The monoisotopic (exact) mass is 358 g/mol. The Morgan fingerprint density at radius 3 is 2.33 bits per heavy atom. The first-order valence-corrected chi connectivity index (χ1v) is 9.14. The first-order chi connectivity index (χ1) is 13.1. The second-order valence-electron chi connectivity index (χ2n) is 6.83. The summed E-state index contributed by atoms with van der Waals surface area (Å²) in [5.41, 5.74) is 11.4. The molecule has 1 aromatic heterocycles. The highest BCUT2D eigenvalue weighted by Crippen LogP contribution is 2.33. The molecule has 0 saturated heterocycles. The molecule has 4 nitrogen and oxygen atoms in total. The van der Waals surface area contributed by atoms with E-state index in [-0.39, 0.29) is 6.61 Å². The average Bonchev–Trinajstić information content (AvgIpc) is 3.01. The van der Waals surface area contributed by atoms with Crippen LogP contribution in [0.25, 0.3) is 21.8 Å². The van der Waals surface area contributed by atoms with Crippen molar-refractivity contribution in [1.29, 1.82) is 0 Å². The minimum Gasteiger partial charge on any atom is -0.392 e. The van der Waals surface area contributed by atoms with Crippen LogP contribution >= 0.6 is 0 Å². The maximum atomic E-state index is 12.0. The van der Waals surface area contributed by atoms with Crippen molar-refractivity contribution in [1.82, 2.24) is 4.57 Å². The number of nitrogens with two attached hydrogens (primary N) is 1. The molecule has 4 rings (SSSR count). The second-order valence-corrected chi connectivity index (χ2v) is 6.83. The average molecular weight is 358 g/mol. The number of carbonyl (C=O) groups excluding carboxylic acids is 1. The van der Waals surface area contributed by atoms with Gasteiger partial charge in [-0.15, -0.1) is 0 Å². The molecule has 1 heterocycles. The molecule has 0 radical (unpaired) electrons. The van der Waals surface area contributed by atoms with E-state index in [0.29, 0.717) is 12.1 Å². The van der Waals surface area contributed by atoms with Crippen LogP contribution in [0.5, 0.6) is 0 Å². The first kappa shape index (κ1) is 17.3. The number of primary amides is 1. The van der Waals surface area contributed by atoms with E-state index in [1.807, 2.05) is 30.3 Å². The lowest BCUT2D eigenvalue weighted by atomic mass is 10.0. The zero-order valence-electron chi connectivity index (χ0n) is 15.3. The summed E-state index contributed by atoms with van der Waals surface area (Å²) in [6.45, 7) is 2.80. The van der Waals surface area contributed by atoms with Crippen molar-refractivity contribution in [3.8, 4) is 0 Å². The summed E-state index contributed by atoms with van der Waals surface area (Å²) in [5, 5.41) is 11.4. The molecule has 1 amide bonds. The fourth-order valence-corrected chi connectivity index (χ4v) is 3.73. The zero-order valence-corrected chi connectivity index (χ0v) is 15.3. The molecule has 0 atom stereocenters. The highest BCUT2D eigenvalue weighted by Gasteiger charge is 2.16. The van der Waals surface area contributed by atoms with Gasteiger partial charge in [0.25, 0.3) is 0 Å². The van der Waals surface area contributed by atoms with E-state index >= 15 is 0 Å². The van der Waals surface area contributed by atoms with Crippen LogP contribution in [0, 0.1) is 0 Å². The minimum absolute atomic E-state index is 0.0225. The van der Waals surface area contributed by atoms with Crippen molar-refractivity contribution in [3.63, 3.8) is 0 Å². The van der Waals surface area contributed by atoms with Crippen molar-refractivity contribution in [3.05, 3.63) is 82.9 Å². The molecule has 0 spiro atoms. The number of nitrogens with zero attached hydrogens (tertiary/aromatic N) is 1. The molecule has 4 heteroatoms. The van der Waals surface area contributed by atoms with E-state index in [1.165, 1.54) is 11.1 Å². The van der Waals surface area contributed by atoms with Crippen LogP contribution in [-0.4, -0.2) is 15.6 Å². The van der Waals surface area contributed by atoms with Crippen LogP contribution in [0.1, 0.15) is 34.0 Å². The van der Waals surface area contributed by atoms with Gasteiger partial charge in [-0.25, -0.2) is 0 Å². The SMILES string of the molecule is CCc1ccc(Cn2c3cc(CO)ccc3c3c(C(N)=O)cccc32)cc1. The molecule has 3 aromatic carbocycles. The summed E-state index contributed by atoms with van der Waals surface area (Å²) < 4.78 is 2.19. The van der Waals surface area contributed by atoms with E-state index in [4.69, 9.17) is 5.73 Å². The van der Waals surface area contributed by atoms with Gasteiger partial charge in [0.15, 0.2) is 0 Å². The number of amides is 1. The quantitative estimate of drug-likeness (QED) is 0.566. The summed E-state index contributed by atoms with van der Waals surface area (Å²) in [5.74, 6) is -0.432. The van der Waals surface area contributed by atoms with Gasteiger partial charge in [0.05, 0.1) is 12.1 Å². The van der Waals surface area contributed by atoms with E-state index in [1.54, 1.807) is 6.07 Å². The van der Waals surface area contributed by atoms with Crippen LogP contribution in [0.2, 0.25) is 0 Å². The number of carbonyl (C=O) groups is 1. The van der Waals surface area contributed by atoms with Crippen molar-refractivity contribution < 1.29 is 9.90 Å². The lowest BCUT2D eigenvalue weighted by Crippen LogP contribution is -2.11. The van der Waals surface area contributed by atoms with Crippen molar-refractivity contribution in [2.75, 3.05) is 0 Å². The van der Waals surface area contributed by atoms with E-state index in [2.05, 4.69) is 35.8 Å². The Balaban J connectivity index is 1.98. The van der Waals surface area contributed by atoms with E-state index in [0.717, 1.165) is 33.8 Å². The topological polar surface area (TPSA) is 68.2 Å². The van der Waals surface area contributed by atoms with Crippen LogP contribution in [-0.2, 0) is 19.6 Å². The molecule has 0 unspecified atom stereocenters. The largest absolute Gasteiger partial charge is 0.392 e. The number of aliphatic hydroxyl groups excluding tert-OH is 1. The number of rotatable bonds is 5. The predicted octanol–water partition coefficient (Wildman–Crippen LogP) is 4.00. The molecule has 0 fully saturated rings. The zero-order chi connectivity index (χ0) is 19.0. The van der Waals surface area contributed by atoms with Crippen LogP contribution < -0.4 is 5.73 Å². The lowest BCUT2D eigenvalue weighted by molar-refractivity contribution is 0.100. The Hall–Kier alpha value is -3.11. The molecule has 136 valence electrons. The van der Waals surface area contributed by atoms with Crippen LogP contribution in [0.15, 0.2) is 60.7 Å². The third-order valence-electron chi connectivity index (χ3n) is 5.18. The maximum Gasteiger partial charge on any atom is 0.249 e. The highest BCUT2D eigenvalue weighted by molar-refractivity contribution is 6.17. The summed E-state index contributed by atoms with van der Waals surface area (Å²) >= 11 is 0. The molecule has 3 N–H and O–H groups in total. The Kier molecular flexibility index (Phi) is 4.42. The van der Waals surface area contributed by atoms with Gasteiger partial charge in [0.1, 0.15) is 0 Å². The van der Waals surface area contributed by atoms with E-state index in [9.17, 15) is 9.90 Å². The number of hydrogen-bond donors (Lipinski definition) is 2. The van der Waals surface area contributed by atoms with Gasteiger partial charge in [0, 0.05) is 28.4 Å². The molecule has 0 aliphatic heterocycles.